The fourth-order valence-corrected chi connectivity index (χ4v) is 4.66. The van der Waals surface area contributed by atoms with E-state index >= 15 is 0 Å². The summed E-state index contributed by atoms with van der Waals surface area (Å²) in [7, 11) is 0. The molecule has 0 saturated carbocycles. The maximum Gasteiger partial charge on any atom is 0.416 e. The molecule has 1 saturated heterocycles. The average Bonchev–Trinajstić information content (AvgIpc) is 3.54. The van der Waals surface area contributed by atoms with Gasteiger partial charge in [-0.25, -0.2) is 9.67 Å². The zero-order chi connectivity index (χ0) is 24.6. The Kier molecular flexibility index (Phi) is 5.93. The molecule has 0 atom stereocenters. The summed E-state index contributed by atoms with van der Waals surface area (Å²) in [4.78, 5) is 22.0. The zero-order valence-electron chi connectivity index (χ0n) is 18.3. The van der Waals surface area contributed by atoms with E-state index in [1.807, 2.05) is 11.4 Å². The van der Waals surface area contributed by atoms with Crippen molar-refractivity contribution in [2.75, 3.05) is 31.1 Å². The van der Waals surface area contributed by atoms with Crippen molar-refractivity contribution < 1.29 is 23.1 Å². The molecule has 0 spiro atoms. The number of carbonyl (C=O) groups is 1. The van der Waals surface area contributed by atoms with E-state index < -0.39 is 11.7 Å². The van der Waals surface area contributed by atoms with Gasteiger partial charge in [-0.2, -0.15) is 13.2 Å². The van der Waals surface area contributed by atoms with Crippen LogP contribution in [0.2, 0.25) is 0 Å². The van der Waals surface area contributed by atoms with Gasteiger partial charge in [0.25, 0.3) is 5.91 Å². The number of phenols is 1. The summed E-state index contributed by atoms with van der Waals surface area (Å²) in [5.41, 5.74) is 0.228. The SMILES string of the molecule is O=C(c1nc(-c2cccs2)n(-c2cccc(C(F)(F)F)c2)n1)N1CCN(c2cccc(O)c2)CC1. The first kappa shape index (κ1) is 22.9. The van der Waals surface area contributed by atoms with Gasteiger partial charge in [0.2, 0.25) is 5.82 Å². The van der Waals surface area contributed by atoms with Gasteiger partial charge in [-0.05, 0) is 41.8 Å². The number of carbonyl (C=O) groups excluding carboxylic acids is 1. The Morgan fingerprint density at radius 3 is 2.37 bits per heavy atom. The molecule has 2 aromatic carbocycles. The Balaban J connectivity index is 1.42. The van der Waals surface area contributed by atoms with Gasteiger partial charge in [0.05, 0.1) is 16.1 Å². The molecule has 0 aliphatic carbocycles. The van der Waals surface area contributed by atoms with Crippen LogP contribution in [0.3, 0.4) is 0 Å². The Hall–Kier alpha value is -3.86. The molecule has 0 radical (unpaired) electrons. The highest BCUT2D eigenvalue weighted by molar-refractivity contribution is 7.13. The molecular formula is C24H20F3N5O2S. The lowest BCUT2D eigenvalue weighted by atomic mass is 10.2. The summed E-state index contributed by atoms with van der Waals surface area (Å²) < 4.78 is 41.2. The molecule has 5 rings (SSSR count). The fraction of sp³-hybridized carbons (Fsp3) is 0.208. The molecule has 0 bridgehead atoms. The summed E-state index contributed by atoms with van der Waals surface area (Å²) in [6.07, 6.45) is -4.51. The molecule has 11 heteroatoms. The number of phenolic OH excluding ortho intramolecular Hbond substituents is 1. The van der Waals surface area contributed by atoms with Crippen LogP contribution in [0.1, 0.15) is 16.2 Å². The molecule has 3 heterocycles. The summed E-state index contributed by atoms with van der Waals surface area (Å²) in [5, 5.41) is 15.9. The number of amides is 1. The quantitative estimate of drug-likeness (QED) is 0.441. The number of nitrogens with zero attached hydrogens (tertiary/aromatic N) is 5. The number of hydrogen-bond acceptors (Lipinski definition) is 6. The first-order valence-corrected chi connectivity index (χ1v) is 11.7. The van der Waals surface area contributed by atoms with E-state index in [1.165, 1.54) is 28.2 Å². The zero-order valence-corrected chi connectivity index (χ0v) is 19.1. The summed E-state index contributed by atoms with van der Waals surface area (Å²) >= 11 is 1.36. The topological polar surface area (TPSA) is 74.5 Å². The van der Waals surface area contributed by atoms with Crippen LogP contribution in [0.4, 0.5) is 18.9 Å². The lowest BCUT2D eigenvalue weighted by Crippen LogP contribution is -2.49. The third-order valence-electron chi connectivity index (χ3n) is 5.72. The highest BCUT2D eigenvalue weighted by Crippen LogP contribution is 2.32. The van der Waals surface area contributed by atoms with Gasteiger partial charge in [0.1, 0.15) is 5.75 Å². The maximum atomic E-state index is 13.3. The van der Waals surface area contributed by atoms with Crippen molar-refractivity contribution in [2.45, 2.75) is 6.18 Å². The van der Waals surface area contributed by atoms with Gasteiger partial charge in [-0.15, -0.1) is 16.4 Å². The van der Waals surface area contributed by atoms with Crippen molar-refractivity contribution in [2.24, 2.45) is 0 Å². The van der Waals surface area contributed by atoms with Crippen molar-refractivity contribution in [3.8, 4) is 22.1 Å². The number of hydrogen-bond donors (Lipinski definition) is 1. The lowest BCUT2D eigenvalue weighted by molar-refractivity contribution is -0.137. The number of rotatable bonds is 4. The minimum absolute atomic E-state index is 0.0726. The van der Waals surface area contributed by atoms with Gasteiger partial charge in [-0.1, -0.05) is 18.2 Å². The smallest absolute Gasteiger partial charge is 0.416 e. The third-order valence-corrected chi connectivity index (χ3v) is 6.59. The molecule has 1 N–H and O–H groups in total. The molecule has 4 aromatic rings. The molecule has 1 aliphatic rings. The van der Waals surface area contributed by atoms with Crippen LogP contribution in [0, 0.1) is 0 Å². The molecule has 1 aliphatic heterocycles. The van der Waals surface area contributed by atoms with E-state index in [0.29, 0.717) is 36.9 Å². The third kappa shape index (κ3) is 4.72. The Morgan fingerprint density at radius 1 is 0.943 bits per heavy atom. The van der Waals surface area contributed by atoms with E-state index in [2.05, 4.69) is 15.0 Å². The van der Waals surface area contributed by atoms with E-state index in [9.17, 15) is 23.1 Å². The van der Waals surface area contributed by atoms with Crippen LogP contribution in [-0.2, 0) is 6.18 Å². The Bertz CT molecular complexity index is 1350. The molecule has 1 fully saturated rings. The van der Waals surface area contributed by atoms with Crippen LogP contribution in [0.5, 0.6) is 5.75 Å². The van der Waals surface area contributed by atoms with Gasteiger partial charge in [0, 0.05) is 37.9 Å². The van der Waals surface area contributed by atoms with Gasteiger partial charge >= 0.3 is 6.18 Å². The van der Waals surface area contributed by atoms with E-state index in [1.54, 1.807) is 35.2 Å². The molecule has 2 aromatic heterocycles. The minimum Gasteiger partial charge on any atom is -0.508 e. The number of alkyl halides is 3. The predicted molar refractivity (Wildman–Crippen MR) is 126 cm³/mol. The van der Waals surface area contributed by atoms with E-state index in [-0.39, 0.29) is 23.2 Å². The van der Waals surface area contributed by atoms with Crippen molar-refractivity contribution >= 4 is 22.9 Å². The lowest BCUT2D eigenvalue weighted by Gasteiger charge is -2.35. The van der Waals surface area contributed by atoms with E-state index in [4.69, 9.17) is 0 Å². The van der Waals surface area contributed by atoms with Gasteiger partial charge in [0.15, 0.2) is 5.82 Å². The number of piperazine rings is 1. The summed E-state index contributed by atoms with van der Waals surface area (Å²) in [6.45, 7) is 1.95. The normalized spacial score (nSPS) is 14.4. The monoisotopic (exact) mass is 499 g/mol. The van der Waals surface area contributed by atoms with Gasteiger partial charge in [-0.3, -0.25) is 4.79 Å². The van der Waals surface area contributed by atoms with Crippen LogP contribution >= 0.6 is 11.3 Å². The molecule has 35 heavy (non-hydrogen) atoms. The van der Waals surface area contributed by atoms with Crippen molar-refractivity contribution in [1.82, 2.24) is 19.7 Å². The molecule has 0 unspecified atom stereocenters. The van der Waals surface area contributed by atoms with Crippen molar-refractivity contribution in [1.29, 1.82) is 0 Å². The fourth-order valence-electron chi connectivity index (χ4n) is 3.96. The maximum absolute atomic E-state index is 13.3. The highest BCUT2D eigenvalue weighted by atomic mass is 32.1. The molecular weight excluding hydrogens is 479 g/mol. The van der Waals surface area contributed by atoms with Crippen LogP contribution in [0.15, 0.2) is 66.0 Å². The van der Waals surface area contributed by atoms with Crippen molar-refractivity contribution in [3.05, 3.63) is 77.4 Å². The second kappa shape index (κ2) is 9.06. The Morgan fingerprint density at radius 2 is 1.69 bits per heavy atom. The number of halogens is 3. The van der Waals surface area contributed by atoms with Crippen LogP contribution in [-0.4, -0.2) is 56.9 Å². The number of aromatic nitrogens is 3. The number of benzene rings is 2. The van der Waals surface area contributed by atoms with Crippen LogP contribution in [0.25, 0.3) is 16.4 Å². The first-order valence-electron chi connectivity index (χ1n) is 10.8. The number of thiophene rings is 1. The van der Waals surface area contributed by atoms with Crippen molar-refractivity contribution in [3.63, 3.8) is 0 Å². The van der Waals surface area contributed by atoms with E-state index in [0.717, 1.165) is 17.8 Å². The highest BCUT2D eigenvalue weighted by Gasteiger charge is 2.32. The molecule has 1 amide bonds. The Labute approximate surface area is 202 Å². The second-order valence-electron chi connectivity index (χ2n) is 8.00. The predicted octanol–water partition coefficient (Wildman–Crippen LogP) is 4.68. The molecule has 180 valence electrons. The summed E-state index contributed by atoms with van der Waals surface area (Å²) in [6, 6.07) is 15.3. The minimum atomic E-state index is -4.51. The largest absolute Gasteiger partial charge is 0.508 e. The molecule has 7 nitrogen and oxygen atoms in total. The number of aromatic hydroxyl groups is 1. The standard InChI is InChI=1S/C24H20F3N5O2S/c25-24(26,27)16-4-1-6-18(14-16)32-22(20-8-3-13-35-20)28-21(29-32)23(34)31-11-9-30(10-12-31)17-5-2-7-19(33)15-17/h1-8,13-15,33H,9-12H2. The van der Waals surface area contributed by atoms with Gasteiger partial charge < -0.3 is 14.9 Å². The van der Waals surface area contributed by atoms with Crippen LogP contribution < -0.4 is 4.90 Å². The average molecular weight is 500 g/mol. The number of anilines is 1. The first-order chi connectivity index (χ1) is 16.8. The summed E-state index contributed by atoms with van der Waals surface area (Å²) in [5.74, 6) is 0.0215. The second-order valence-corrected chi connectivity index (χ2v) is 8.94.